The molecule has 150 heavy (non-hydrogen) atoms. The highest BCUT2D eigenvalue weighted by Gasteiger charge is 2.42. The van der Waals surface area contributed by atoms with Crippen LogP contribution in [-0.2, 0) is 149 Å². The van der Waals surface area contributed by atoms with Crippen molar-refractivity contribution in [1.82, 2.24) is 31.9 Å². The van der Waals surface area contributed by atoms with Crippen LogP contribution in [0.3, 0.4) is 0 Å². The van der Waals surface area contributed by atoms with E-state index in [0.717, 1.165) is 73.1 Å². The van der Waals surface area contributed by atoms with Gasteiger partial charge in [0.15, 0.2) is 0 Å². The summed E-state index contributed by atoms with van der Waals surface area (Å²) in [6.45, 7) is 11.0. The molecule has 0 radical (unpaired) electrons. The van der Waals surface area contributed by atoms with Crippen molar-refractivity contribution < 1.29 is 148 Å². The summed E-state index contributed by atoms with van der Waals surface area (Å²) in [5.74, 6) is -5.83. The van der Waals surface area contributed by atoms with Crippen molar-refractivity contribution in [1.29, 1.82) is 0 Å². The average molecular weight is 2190 g/mol. The average Bonchev–Trinajstić information content (AvgIpc) is 1.35. The van der Waals surface area contributed by atoms with E-state index >= 15 is 0 Å². The molecule has 7 aliphatic heterocycles. The normalized spacial score (nSPS) is 22.0. The number of rotatable bonds is 37. The van der Waals surface area contributed by atoms with E-state index in [-0.39, 0.29) is 163 Å². The molecule has 0 bridgehead atoms. The lowest BCUT2D eigenvalue weighted by Crippen LogP contribution is -2.53. The number of nitrogens with one attached hydrogen (secondary N) is 6. The second-order valence-corrected chi connectivity index (χ2v) is 43.5. The molecule has 14 rings (SSSR count). The Bertz CT molecular complexity index is 5110. The van der Waals surface area contributed by atoms with E-state index in [9.17, 15) is 111 Å². The number of Topliss-reactive ketones (excluding diaryl/α,β-unsaturated/α-hetero) is 7. The first-order chi connectivity index (χ1) is 71.6. The third-order valence-electron chi connectivity index (χ3n) is 23.8. The Labute approximate surface area is 899 Å². The summed E-state index contributed by atoms with van der Waals surface area (Å²) >= 11 is 9.14. The SMILES string of the molecule is CC(=O)C[C@@H]1C=CC[C@H](NC(=O)Cc2cccs2)B(O)O1.CC(=O)C[C@@H]1C=CC[C@H](NC(=O)Cc2cccs2)B(O)O1.CC(=O)C[C@@H]1CCC[C@H](NC(=O)Cc2cccs2)B(O)O1.CC(=O)C[C@@H]1CC[C@H](CC(=O)Cc2cc(F)cc(F)c2)B(O)O1.CC(=O)C[C@H]1C=CC[C@H](NC(=O)Cc2cccs2)B(O)O1.CC(=O)C[C@H]1CCC[C@H](NC(=O)Cc2cccs2)B(O)O1.CCOC(=O)C[C@@H]1CC[C@H](NC(=O)Cc2cccs2)B(O)O1. The third kappa shape index (κ3) is 50.5. The van der Waals surface area contributed by atoms with Crippen molar-refractivity contribution in [3.05, 3.63) is 206 Å². The molecule has 808 valence electrons. The Balaban J connectivity index is 0.000000213. The molecule has 13 heterocycles. The quantitative estimate of drug-likeness (QED) is 0.00978. The van der Waals surface area contributed by atoms with Crippen molar-refractivity contribution in [3.8, 4) is 0 Å². The number of ether oxygens (including phenoxy) is 1. The van der Waals surface area contributed by atoms with Crippen molar-refractivity contribution in [2.24, 2.45) is 0 Å². The van der Waals surface area contributed by atoms with Gasteiger partial charge >= 0.3 is 55.8 Å². The van der Waals surface area contributed by atoms with Gasteiger partial charge in [0, 0.05) is 111 Å². The zero-order chi connectivity index (χ0) is 109. The second-order valence-electron chi connectivity index (χ2n) is 37.3. The molecule has 4 fully saturated rings. The lowest BCUT2D eigenvalue weighted by atomic mass is 9.64. The minimum absolute atomic E-state index is 0.00275. The Morgan fingerprint density at radius 2 is 0.587 bits per heavy atom. The molecule has 0 aliphatic carbocycles. The summed E-state index contributed by atoms with van der Waals surface area (Å²) in [4.78, 5) is 168. The van der Waals surface area contributed by atoms with Crippen LogP contribution in [0, 0.1) is 11.6 Å². The van der Waals surface area contributed by atoms with E-state index in [1.54, 1.807) is 25.2 Å². The van der Waals surface area contributed by atoms with Gasteiger partial charge in [-0.15, -0.1) is 68.0 Å². The Morgan fingerprint density at radius 1 is 0.320 bits per heavy atom. The smallest absolute Gasteiger partial charge is 0.466 e. The molecule has 0 spiro atoms. The number of thiophene rings is 6. The predicted molar refractivity (Wildman–Crippen MR) is 574 cm³/mol. The topological polar surface area (TPSA) is 527 Å². The highest BCUT2D eigenvalue weighted by atomic mass is 32.1. The van der Waals surface area contributed by atoms with Gasteiger partial charge in [0.05, 0.1) is 112 Å². The van der Waals surface area contributed by atoms with Crippen molar-refractivity contribution in [2.45, 2.75) is 312 Å². The van der Waals surface area contributed by atoms with Crippen LogP contribution in [0.5, 0.6) is 0 Å². The first kappa shape index (κ1) is 126. The van der Waals surface area contributed by atoms with Crippen LogP contribution < -0.4 is 31.9 Å². The largest absolute Gasteiger partial charge is 0.478 e. The highest BCUT2D eigenvalue weighted by molar-refractivity contribution is 7.11. The summed E-state index contributed by atoms with van der Waals surface area (Å²) in [6.07, 6.45) is 20.0. The molecule has 1 aromatic carbocycles. The van der Waals surface area contributed by atoms with Crippen LogP contribution in [0.4, 0.5) is 8.78 Å². The van der Waals surface area contributed by atoms with Gasteiger partial charge < -0.3 is 104 Å². The number of carbonyl (C=O) groups excluding carboxylic acids is 14. The maximum atomic E-state index is 13.1. The zero-order valence-electron chi connectivity index (χ0n) is 85.0. The predicted octanol–water partition coefficient (Wildman–Crippen LogP) is 9.45. The Hall–Kier alpha value is -9.63. The molecule has 35 nitrogen and oxygen atoms in total. The van der Waals surface area contributed by atoms with Gasteiger partial charge in [-0.2, -0.15) is 0 Å². The minimum atomic E-state index is -1.11. The fourth-order valence-corrected chi connectivity index (χ4v) is 21.1. The fourth-order valence-electron chi connectivity index (χ4n) is 16.8. The molecule has 0 saturated carbocycles. The standard InChI is InChI=1S/C16H19BF2O4.C14H20BNO5S.2C14H20BNO4S.3C14H18BNO4S/c1-10(20)4-16-3-2-12(17(22)23-16)8-15(21)7-11-5-13(18)9-14(19)6-11;1-2-20-14(18)8-10-5-6-12(15(19)21-10)16-13(17)9-11-4-3-7-22-11;5*1-10(17)8-11-4-2-6-13(15(19)20-11)16-14(18)9-12-5-3-7-21-12/h5-6,9,12,16,22H,2-4,7-8H2,1H3;3-4,7,10,12,19H,2,5-6,8-9H2,1H3,(H,16,17);2*3,5,7,11,13,19H,2,4,6,8-9H2,1H3,(H,16,18);3*2-5,7,11,13,19H,6,8-9H2,1H3,(H,16,18)/t12-,16+;10-,12-;11-,13+;11-,13-;11-,13+;2*11-,13-/m1010100/s1. The van der Waals surface area contributed by atoms with Crippen LogP contribution in [0.2, 0.25) is 5.82 Å². The van der Waals surface area contributed by atoms with Gasteiger partial charge in [0.1, 0.15) is 52.1 Å². The molecule has 13 N–H and O–H groups in total. The molecule has 7 aromatic rings. The first-order valence-electron chi connectivity index (χ1n) is 50.0. The van der Waals surface area contributed by atoms with Gasteiger partial charge in [-0.05, 0) is 218 Å². The lowest BCUT2D eigenvalue weighted by molar-refractivity contribution is -0.145. The zero-order valence-corrected chi connectivity index (χ0v) is 89.9. The number of halogens is 2. The molecule has 14 atom stereocenters. The molecule has 6 amide bonds. The number of hydrogen-bond donors (Lipinski definition) is 13. The molecule has 6 aromatic heterocycles. The van der Waals surface area contributed by atoms with Crippen LogP contribution in [0.1, 0.15) is 218 Å². The van der Waals surface area contributed by atoms with Gasteiger partial charge in [-0.1, -0.05) is 72.9 Å². The van der Waals surface area contributed by atoms with Gasteiger partial charge in [-0.25, -0.2) is 8.78 Å². The van der Waals surface area contributed by atoms with Gasteiger partial charge in [0.2, 0.25) is 35.4 Å². The number of amides is 6. The van der Waals surface area contributed by atoms with Crippen molar-refractivity contribution in [3.63, 3.8) is 0 Å². The maximum absolute atomic E-state index is 13.1. The van der Waals surface area contributed by atoms with Crippen LogP contribution in [0.15, 0.2) is 160 Å². The Kier molecular flexibility index (Phi) is 56.8. The van der Waals surface area contributed by atoms with E-state index in [2.05, 4.69) is 31.9 Å². The minimum Gasteiger partial charge on any atom is -0.466 e. The van der Waals surface area contributed by atoms with E-state index in [1.165, 1.54) is 110 Å². The summed E-state index contributed by atoms with van der Waals surface area (Å²) in [5.41, 5.74) is 0.271. The number of ketones is 7. The summed E-state index contributed by atoms with van der Waals surface area (Å²) in [5, 5.41) is 98.4. The summed E-state index contributed by atoms with van der Waals surface area (Å²) in [7, 11) is -7.64. The molecule has 0 unspecified atom stereocenters. The van der Waals surface area contributed by atoms with Crippen molar-refractivity contribution in [2.75, 3.05) is 6.61 Å². The molecule has 50 heteroatoms. The van der Waals surface area contributed by atoms with Crippen molar-refractivity contribution >= 4 is 200 Å². The third-order valence-corrected chi connectivity index (χ3v) is 29.1. The molecular weight excluding hydrogens is 2060 g/mol. The highest BCUT2D eigenvalue weighted by Crippen LogP contribution is 2.33. The summed E-state index contributed by atoms with van der Waals surface area (Å²) < 4.78 is 69.0. The fraction of sp³-hybridized carbons (Fsp3) is 0.500. The maximum Gasteiger partial charge on any atom is 0.478 e. The second kappa shape index (κ2) is 67.8. The number of hydrogen-bond acceptors (Lipinski definition) is 35. The number of carbonyl (C=O) groups is 14. The monoisotopic (exact) mass is 2190 g/mol. The molecule has 4 saturated heterocycles. The summed E-state index contributed by atoms with van der Waals surface area (Å²) in [6, 6.07) is 25.8. The Morgan fingerprint density at radius 3 is 0.860 bits per heavy atom. The van der Waals surface area contributed by atoms with Gasteiger partial charge in [0.25, 0.3) is 0 Å². The van der Waals surface area contributed by atoms with E-state index in [4.69, 9.17) is 37.3 Å². The molecular formula is C100H133B7F2N6O29S6. The lowest BCUT2D eigenvalue weighted by Gasteiger charge is -2.31. The molecule has 7 aliphatic rings. The van der Waals surface area contributed by atoms with E-state index in [0.29, 0.717) is 116 Å². The van der Waals surface area contributed by atoms with Crippen LogP contribution in [-0.4, -0.2) is 252 Å². The number of esters is 1. The van der Waals surface area contributed by atoms with Gasteiger partial charge in [-0.3, -0.25) is 67.1 Å². The number of benzene rings is 1. The first-order valence-corrected chi connectivity index (χ1v) is 55.2. The van der Waals surface area contributed by atoms with E-state index < -0.39 is 115 Å². The van der Waals surface area contributed by atoms with E-state index in [1.807, 2.05) is 123 Å². The van der Waals surface area contributed by atoms with Crippen LogP contribution in [0.25, 0.3) is 0 Å². The van der Waals surface area contributed by atoms with Crippen LogP contribution >= 0.6 is 68.0 Å².